The van der Waals surface area contributed by atoms with Crippen molar-refractivity contribution in [1.29, 1.82) is 0 Å². The number of rotatable bonds is 3. The van der Waals surface area contributed by atoms with Crippen molar-refractivity contribution in [2.45, 2.75) is 6.54 Å². The van der Waals surface area contributed by atoms with Crippen LogP contribution in [-0.2, 0) is 6.54 Å². The summed E-state index contributed by atoms with van der Waals surface area (Å²) in [6.45, 7) is 0.118. The van der Waals surface area contributed by atoms with Crippen molar-refractivity contribution in [3.8, 4) is 5.75 Å². The number of amides is 1. The molecule has 0 aromatic heterocycles. The van der Waals surface area contributed by atoms with Crippen LogP contribution < -0.4 is 5.32 Å². The molecule has 0 saturated heterocycles. The number of benzene rings is 2. The zero-order chi connectivity index (χ0) is 13.8. The van der Waals surface area contributed by atoms with Gasteiger partial charge in [0.05, 0.1) is 5.56 Å². The van der Waals surface area contributed by atoms with Gasteiger partial charge in [-0.1, -0.05) is 12.1 Å². The van der Waals surface area contributed by atoms with Crippen LogP contribution in [0, 0.1) is 11.6 Å². The first-order chi connectivity index (χ1) is 9.06. The van der Waals surface area contributed by atoms with Crippen molar-refractivity contribution in [3.63, 3.8) is 0 Å². The molecule has 0 bridgehead atoms. The molecule has 0 atom stereocenters. The number of halogens is 2. The Morgan fingerprint density at radius 3 is 2.53 bits per heavy atom. The predicted octanol–water partition coefficient (Wildman–Crippen LogP) is 2.60. The fourth-order valence-corrected chi connectivity index (χ4v) is 1.62. The van der Waals surface area contributed by atoms with Gasteiger partial charge in [-0.05, 0) is 29.8 Å². The molecular weight excluding hydrogens is 252 g/mol. The van der Waals surface area contributed by atoms with Gasteiger partial charge in [-0.2, -0.15) is 0 Å². The summed E-state index contributed by atoms with van der Waals surface area (Å²) >= 11 is 0. The summed E-state index contributed by atoms with van der Waals surface area (Å²) in [7, 11) is 0. The zero-order valence-electron chi connectivity index (χ0n) is 9.86. The van der Waals surface area contributed by atoms with E-state index in [2.05, 4.69) is 5.32 Å². The smallest absolute Gasteiger partial charge is 0.255 e. The third-order valence-electron chi connectivity index (χ3n) is 2.55. The van der Waals surface area contributed by atoms with E-state index in [1.54, 1.807) is 6.07 Å². The van der Waals surface area contributed by atoms with Crippen molar-refractivity contribution in [2.24, 2.45) is 0 Å². The van der Waals surface area contributed by atoms with E-state index < -0.39 is 23.3 Å². The normalized spacial score (nSPS) is 10.2. The first-order valence-electron chi connectivity index (χ1n) is 5.57. The third-order valence-corrected chi connectivity index (χ3v) is 2.55. The van der Waals surface area contributed by atoms with Gasteiger partial charge in [-0.15, -0.1) is 0 Å². The molecule has 98 valence electrons. The average Bonchev–Trinajstić information content (AvgIpc) is 2.36. The molecule has 0 unspecified atom stereocenters. The molecule has 2 aromatic rings. The second-order valence-electron chi connectivity index (χ2n) is 3.97. The maximum Gasteiger partial charge on any atom is 0.255 e. The Morgan fingerprint density at radius 2 is 1.84 bits per heavy atom. The molecule has 0 saturated carbocycles. The second-order valence-corrected chi connectivity index (χ2v) is 3.97. The van der Waals surface area contributed by atoms with Crippen molar-refractivity contribution in [2.75, 3.05) is 0 Å². The summed E-state index contributed by atoms with van der Waals surface area (Å²) in [4.78, 5) is 11.7. The van der Waals surface area contributed by atoms with Crippen LogP contribution >= 0.6 is 0 Å². The van der Waals surface area contributed by atoms with Crippen molar-refractivity contribution in [3.05, 3.63) is 65.2 Å². The van der Waals surface area contributed by atoms with Crippen LogP contribution in [0.25, 0.3) is 0 Å². The predicted molar refractivity (Wildman–Crippen MR) is 65.6 cm³/mol. The molecule has 19 heavy (non-hydrogen) atoms. The van der Waals surface area contributed by atoms with Crippen LogP contribution in [0.1, 0.15) is 15.9 Å². The highest BCUT2D eigenvalue weighted by Crippen LogP contribution is 2.17. The molecule has 0 aliphatic rings. The topological polar surface area (TPSA) is 49.3 Å². The number of phenolic OH excluding ortho intramolecular Hbond substituents is 1. The Morgan fingerprint density at radius 1 is 1.11 bits per heavy atom. The lowest BCUT2D eigenvalue weighted by atomic mass is 10.1. The highest BCUT2D eigenvalue weighted by molar-refractivity contribution is 5.96. The van der Waals surface area contributed by atoms with Crippen LogP contribution in [-0.4, -0.2) is 11.0 Å². The fraction of sp³-hybridized carbons (Fsp3) is 0.0714. The maximum absolute atomic E-state index is 12.9. The zero-order valence-corrected chi connectivity index (χ0v) is 9.86. The number of aromatic hydroxyl groups is 1. The van der Waals surface area contributed by atoms with Crippen LogP contribution in [0.4, 0.5) is 8.78 Å². The Bertz CT molecular complexity index is 614. The summed E-state index contributed by atoms with van der Waals surface area (Å²) in [6.07, 6.45) is 0. The lowest BCUT2D eigenvalue weighted by Crippen LogP contribution is -2.22. The summed E-state index contributed by atoms with van der Waals surface area (Å²) in [5.74, 6) is -2.01. The molecule has 0 heterocycles. The monoisotopic (exact) mass is 263 g/mol. The van der Waals surface area contributed by atoms with Gasteiger partial charge in [0, 0.05) is 12.6 Å². The van der Waals surface area contributed by atoms with Crippen LogP contribution in [0.3, 0.4) is 0 Å². The van der Waals surface area contributed by atoms with E-state index in [9.17, 15) is 18.7 Å². The molecule has 2 rings (SSSR count). The molecule has 2 N–H and O–H groups in total. The van der Waals surface area contributed by atoms with Gasteiger partial charge >= 0.3 is 0 Å². The molecule has 1 amide bonds. The van der Waals surface area contributed by atoms with Crippen LogP contribution in [0.5, 0.6) is 5.75 Å². The Kier molecular flexibility index (Phi) is 3.75. The highest BCUT2D eigenvalue weighted by atomic mass is 19.1. The fourth-order valence-electron chi connectivity index (χ4n) is 1.62. The number of carbonyl (C=O) groups is 1. The molecule has 0 fully saturated rings. The molecule has 0 aliphatic carbocycles. The van der Waals surface area contributed by atoms with E-state index in [1.165, 1.54) is 24.3 Å². The van der Waals surface area contributed by atoms with E-state index in [0.29, 0.717) is 5.56 Å². The molecule has 0 aliphatic heterocycles. The quantitative estimate of drug-likeness (QED) is 0.894. The van der Waals surface area contributed by atoms with Crippen molar-refractivity contribution >= 4 is 5.91 Å². The number of carbonyl (C=O) groups excluding carboxylic acids is 1. The third kappa shape index (κ3) is 3.28. The van der Waals surface area contributed by atoms with Gasteiger partial charge in [0.15, 0.2) is 0 Å². The minimum atomic E-state index is -0.626. The van der Waals surface area contributed by atoms with E-state index in [-0.39, 0.29) is 12.1 Å². The lowest BCUT2D eigenvalue weighted by molar-refractivity contribution is 0.0948. The van der Waals surface area contributed by atoms with Crippen LogP contribution in [0.2, 0.25) is 0 Å². The number of hydrogen-bond donors (Lipinski definition) is 2. The van der Waals surface area contributed by atoms with Gasteiger partial charge in [-0.3, -0.25) is 4.79 Å². The first kappa shape index (κ1) is 13.0. The van der Waals surface area contributed by atoms with Crippen LogP contribution in [0.15, 0.2) is 42.5 Å². The molecule has 3 nitrogen and oxygen atoms in total. The molecule has 5 heteroatoms. The minimum absolute atomic E-state index is 0.0298. The first-order valence-corrected chi connectivity index (χ1v) is 5.57. The standard InChI is InChI=1S/C14H11F2NO2/c15-10-3-1-2-9(6-10)8-17-14(19)12-5-4-11(16)7-13(12)18/h1-7,18H,8H2,(H,17,19). The summed E-state index contributed by atoms with van der Waals surface area (Å²) in [6, 6.07) is 8.92. The summed E-state index contributed by atoms with van der Waals surface area (Å²) in [5.41, 5.74) is 0.563. The molecular formula is C14H11F2NO2. The highest BCUT2D eigenvalue weighted by Gasteiger charge is 2.11. The Balaban J connectivity index is 2.05. The Hall–Kier alpha value is -2.43. The van der Waals surface area contributed by atoms with Gasteiger partial charge in [-0.25, -0.2) is 8.78 Å². The Labute approximate surface area is 108 Å². The second kappa shape index (κ2) is 5.48. The SMILES string of the molecule is O=C(NCc1cccc(F)c1)c1ccc(F)cc1O. The average molecular weight is 263 g/mol. The number of nitrogens with one attached hydrogen (secondary N) is 1. The number of hydrogen-bond acceptors (Lipinski definition) is 2. The van der Waals surface area contributed by atoms with Gasteiger partial charge in [0.2, 0.25) is 0 Å². The van der Waals surface area contributed by atoms with Crippen molar-refractivity contribution in [1.82, 2.24) is 5.32 Å². The maximum atomic E-state index is 12.9. The molecule has 0 spiro atoms. The summed E-state index contributed by atoms with van der Waals surface area (Å²) in [5, 5.41) is 12.0. The largest absolute Gasteiger partial charge is 0.507 e. The van der Waals surface area contributed by atoms with Crippen molar-refractivity contribution < 1.29 is 18.7 Å². The van der Waals surface area contributed by atoms with E-state index in [0.717, 1.165) is 12.1 Å². The van der Waals surface area contributed by atoms with E-state index in [4.69, 9.17) is 0 Å². The minimum Gasteiger partial charge on any atom is -0.507 e. The van der Waals surface area contributed by atoms with Gasteiger partial charge < -0.3 is 10.4 Å². The summed E-state index contributed by atoms with van der Waals surface area (Å²) < 4.78 is 25.7. The van der Waals surface area contributed by atoms with E-state index >= 15 is 0 Å². The molecule has 0 radical (unpaired) electrons. The molecule has 2 aromatic carbocycles. The van der Waals surface area contributed by atoms with Gasteiger partial charge in [0.1, 0.15) is 17.4 Å². The number of phenols is 1. The van der Waals surface area contributed by atoms with Gasteiger partial charge in [0.25, 0.3) is 5.91 Å². The van der Waals surface area contributed by atoms with E-state index in [1.807, 2.05) is 0 Å². The lowest BCUT2D eigenvalue weighted by Gasteiger charge is -2.07.